The lowest BCUT2D eigenvalue weighted by atomic mass is 9.85. The van der Waals surface area contributed by atoms with Gasteiger partial charge < -0.3 is 144 Å². The van der Waals surface area contributed by atoms with Gasteiger partial charge >= 0.3 is 11.9 Å². The van der Waals surface area contributed by atoms with Crippen molar-refractivity contribution in [1.82, 2.24) is 0 Å². The number of quaternary nitrogens is 1. The summed E-state index contributed by atoms with van der Waals surface area (Å²) >= 11 is 12.5. The molecule has 98 heavy (non-hydrogen) atoms. The summed E-state index contributed by atoms with van der Waals surface area (Å²) in [7, 11) is 5.69. The second kappa shape index (κ2) is 29.7. The fourth-order valence-corrected chi connectivity index (χ4v) is 16.1. The number of hydroxylamine groups is 2. The fourth-order valence-electron chi connectivity index (χ4n) is 15.7. The van der Waals surface area contributed by atoms with Crippen LogP contribution in [0.5, 0.6) is 5.75 Å². The van der Waals surface area contributed by atoms with Crippen LogP contribution in [-0.2, 0) is 114 Å². The Balaban J connectivity index is 0.666. The van der Waals surface area contributed by atoms with Crippen molar-refractivity contribution in [3.05, 3.63) is 32.4 Å². The molecule has 0 amide bonds. The zero-order chi connectivity index (χ0) is 70.5. The molecule has 11 aliphatic rings. The van der Waals surface area contributed by atoms with E-state index >= 15 is 0 Å². The minimum absolute atomic E-state index is 0.0221. The number of ether oxygens (including phenoxy) is 24. The maximum atomic E-state index is 13.9. The Hall–Kier alpha value is -2.13. The van der Waals surface area contributed by atoms with Crippen molar-refractivity contribution in [2.24, 2.45) is 0 Å². The number of hydrogen-bond donors (Lipinski definition) is 7. The zero-order valence-corrected chi connectivity index (χ0v) is 58.4. The number of nitrogens with one attached hydrogen (secondary N) is 1. The van der Waals surface area contributed by atoms with Gasteiger partial charge in [0.15, 0.2) is 55.7 Å². The highest BCUT2D eigenvalue weighted by Gasteiger charge is 2.71. The maximum Gasteiger partial charge on any atom is 0.338 e. The van der Waals surface area contributed by atoms with Gasteiger partial charge in [-0.05, 0) is 73.9 Å². The average Bonchev–Trinajstić information content (AvgIpc) is 1.54. The Kier molecular flexibility index (Phi) is 22.9. The van der Waals surface area contributed by atoms with E-state index in [-0.39, 0.29) is 86.3 Å². The van der Waals surface area contributed by atoms with Gasteiger partial charge in [-0.2, -0.15) is 0 Å². The van der Waals surface area contributed by atoms with E-state index in [1.54, 1.807) is 48.5 Å². The van der Waals surface area contributed by atoms with Crippen LogP contribution in [0.2, 0.25) is 10.0 Å². The third-order valence-corrected chi connectivity index (χ3v) is 21.6. The van der Waals surface area contributed by atoms with Gasteiger partial charge in [-0.25, -0.2) is 15.2 Å². The topological polar surface area (TPSA) is 387 Å². The molecule has 2 spiro atoms. The van der Waals surface area contributed by atoms with Crippen LogP contribution in [-0.4, -0.2) is 292 Å². The van der Waals surface area contributed by atoms with Crippen molar-refractivity contribution in [1.29, 1.82) is 0 Å². The summed E-state index contributed by atoms with van der Waals surface area (Å²) in [6, 6.07) is 1.24. The molecule has 33 nitrogen and oxygen atoms in total. The summed E-state index contributed by atoms with van der Waals surface area (Å²) in [5.41, 5.74) is -3.76. The first-order valence-electron chi connectivity index (χ1n) is 33.3. The molecule has 0 bridgehead atoms. The Morgan fingerprint density at radius 2 is 1.43 bits per heavy atom. The van der Waals surface area contributed by atoms with E-state index in [0.29, 0.717) is 0 Å². The Labute approximate surface area is 576 Å². The van der Waals surface area contributed by atoms with E-state index in [2.05, 4.69) is 0 Å². The molecular formula is C63H95Cl2NO32. The SMILES string of the molecule is COC[C@@H]1O[C@H](O[C@H]2OC[C@@H]3O[C@@]4(OC[C@](O)([C@H](C)OC)[C@H]5OCO[C@H]54)O[C@H]3[C@@H]2OC)[C@@H](OC)[C@H](O)[C@H]1O[C@H]1O[C@@H](C)C[C@@H](O[C@H]2C[C@@]3(C)O[C@@]4(C[C@H](O)[C@@H](O[C@H]5C[C@@H](O[C@@H]6C[C@](C)([NH+]([O-])O)C[C@H](C)O6)[C@H](OC(=O)c6cc(Cl)c(O)c(Cl)c6C)[C@@H](C)O5)[C@H](C)O4)O[C@H]3[C@H](C)O2)[C@@H]1O. The molecule has 11 saturated heterocycles. The highest BCUT2D eigenvalue weighted by molar-refractivity contribution is 6.38. The Morgan fingerprint density at radius 1 is 0.714 bits per heavy atom. The molecule has 11 aliphatic heterocycles. The van der Waals surface area contributed by atoms with Crippen LogP contribution in [0.4, 0.5) is 0 Å². The first-order chi connectivity index (χ1) is 46.4. The number of esters is 1. The molecule has 0 aromatic heterocycles. The number of carbonyl (C=O) groups excluding carboxylic acids is 1. The van der Waals surface area contributed by atoms with E-state index in [1.165, 1.54) is 41.4 Å². The monoisotopic (exact) mass is 1450 g/mol. The minimum Gasteiger partial charge on any atom is -0.600 e. The summed E-state index contributed by atoms with van der Waals surface area (Å²) in [6.07, 6.45) is -28.5. The largest absolute Gasteiger partial charge is 0.600 e. The predicted octanol–water partition coefficient (Wildman–Crippen LogP) is 1.00. The van der Waals surface area contributed by atoms with E-state index in [9.17, 15) is 40.7 Å². The van der Waals surface area contributed by atoms with Crippen molar-refractivity contribution in [2.45, 2.75) is 302 Å². The molecule has 7 N–H and O–H groups in total. The van der Waals surface area contributed by atoms with Crippen LogP contribution >= 0.6 is 23.2 Å². The molecule has 0 saturated carbocycles. The number of hydrogen-bond acceptors (Lipinski definition) is 32. The smallest absolute Gasteiger partial charge is 0.338 e. The molecule has 11 heterocycles. The van der Waals surface area contributed by atoms with Gasteiger partial charge in [-0.3, -0.25) is 0 Å². The highest BCUT2D eigenvalue weighted by Crippen LogP contribution is 2.52. The molecule has 0 aliphatic carbocycles. The molecule has 11 fully saturated rings. The van der Waals surface area contributed by atoms with Crippen LogP contribution in [0.25, 0.3) is 0 Å². The summed E-state index contributed by atoms with van der Waals surface area (Å²) in [6.45, 7) is 14.6. The number of methoxy groups -OCH3 is 4. The number of aliphatic hydroxyl groups is 4. The fraction of sp³-hybridized carbons (Fsp3) is 0.889. The van der Waals surface area contributed by atoms with Crippen molar-refractivity contribution >= 4 is 29.2 Å². The van der Waals surface area contributed by atoms with Crippen molar-refractivity contribution < 1.29 is 154 Å². The molecule has 0 radical (unpaired) electrons. The van der Waals surface area contributed by atoms with Gasteiger partial charge in [0.2, 0.25) is 0 Å². The average molecular weight is 1450 g/mol. The van der Waals surface area contributed by atoms with E-state index in [0.717, 1.165) is 0 Å². The number of halogens is 2. The van der Waals surface area contributed by atoms with Crippen LogP contribution < -0.4 is 5.23 Å². The third kappa shape index (κ3) is 14.4. The van der Waals surface area contributed by atoms with Gasteiger partial charge in [0.1, 0.15) is 96.8 Å². The van der Waals surface area contributed by atoms with E-state index in [4.69, 9.17) is 137 Å². The number of phenols is 1. The van der Waals surface area contributed by atoms with Gasteiger partial charge in [0, 0.05) is 54.1 Å². The van der Waals surface area contributed by atoms with E-state index < -0.39 is 218 Å². The molecule has 35 heteroatoms. The second-order valence-electron chi connectivity index (χ2n) is 28.0. The summed E-state index contributed by atoms with van der Waals surface area (Å²) in [4.78, 5) is 13.9. The van der Waals surface area contributed by atoms with Gasteiger partial charge in [-0.1, -0.05) is 23.2 Å². The van der Waals surface area contributed by atoms with Crippen molar-refractivity contribution in [2.75, 3.05) is 55.1 Å². The number of aliphatic hydroxyl groups excluding tert-OH is 3. The van der Waals surface area contributed by atoms with Crippen LogP contribution in [0.1, 0.15) is 110 Å². The molecular weight excluding hydrogens is 1350 g/mol. The molecule has 558 valence electrons. The number of phenolic OH excluding ortho intramolecular Hbond substituents is 1. The van der Waals surface area contributed by atoms with Crippen molar-refractivity contribution in [3.63, 3.8) is 0 Å². The molecule has 12 rings (SSSR count). The number of benzene rings is 1. The minimum atomic E-state index is -1.81. The second-order valence-corrected chi connectivity index (χ2v) is 28.8. The normalized spacial score (nSPS) is 49.5. The van der Waals surface area contributed by atoms with Gasteiger partial charge in [0.05, 0.1) is 97.1 Å². The summed E-state index contributed by atoms with van der Waals surface area (Å²) in [5.74, 6) is -4.86. The zero-order valence-electron chi connectivity index (χ0n) is 56.9. The summed E-state index contributed by atoms with van der Waals surface area (Å²) < 4.78 is 150. The lowest BCUT2D eigenvalue weighted by molar-refractivity contribution is -1.09. The van der Waals surface area contributed by atoms with Crippen LogP contribution in [0, 0.1) is 12.1 Å². The highest BCUT2D eigenvalue weighted by atomic mass is 35.5. The molecule has 1 aromatic rings. The number of carbonyl (C=O) groups is 1. The third-order valence-electron chi connectivity index (χ3n) is 20.9. The lowest BCUT2D eigenvalue weighted by Crippen LogP contribution is -3.14. The number of aromatic hydroxyl groups is 1. The Bertz CT molecular complexity index is 2900. The predicted molar refractivity (Wildman–Crippen MR) is 324 cm³/mol. The van der Waals surface area contributed by atoms with Crippen LogP contribution in [0.3, 0.4) is 0 Å². The number of rotatable bonds is 19. The maximum absolute atomic E-state index is 13.9. The van der Waals surface area contributed by atoms with Crippen molar-refractivity contribution in [3.8, 4) is 5.75 Å². The van der Waals surface area contributed by atoms with E-state index in [1.807, 2.05) is 6.92 Å². The quantitative estimate of drug-likeness (QED) is 0.0750. The first-order valence-corrected chi connectivity index (χ1v) is 34.1. The summed E-state index contributed by atoms with van der Waals surface area (Å²) in [5, 5.41) is 79.6. The standard InChI is InChI=1S/C63H95Cl2NO32/c1-25-14-35(44(69)56(84-25)92-48-37(21-75-10)89-58(50(77-12)45(48)70)93-57-51(78-13)49-38(22-79-57)95-63(96-49)54-53(80-24-81-54)61(72,23-82-63)31(7)76-11)87-41-20-60(9)52(30(6)86-41)97-62(98-60)18-34(67)46(29(5)94-62)90-39-16-36(88-40-19-59(8,66(73)74)17-26(2)83-40)47(28(4)85-39)91-55(71)32-15-33(64)43(68)42(65)27(32)3/h15,25-26,28-31,34-41,44-54,56-58,66-70,72-73H,14,16-24H2,1-13H3/t25-,26-,28+,29-,30-,31-,34-,35+,36+,37-,38-,39-,40+,41-,44-,45+,46-,47+,48-,49+,50-,51-,52-,53-,54+,56+,57+,58+,59+,60+,61-,62+,63+/m0/s1. The van der Waals surface area contributed by atoms with Crippen LogP contribution in [0.15, 0.2) is 6.07 Å². The molecule has 1 aromatic carbocycles. The van der Waals surface area contributed by atoms with Gasteiger partial charge in [-0.15, -0.1) is 0 Å². The molecule has 1 unspecified atom stereocenters. The number of fused-ring (bicyclic) bond motifs is 4. The Morgan fingerprint density at radius 3 is 2.13 bits per heavy atom. The van der Waals surface area contributed by atoms with Gasteiger partial charge in [0.25, 0.3) is 5.97 Å². The lowest BCUT2D eigenvalue weighted by Gasteiger charge is -2.48. The first kappa shape index (κ1) is 75.5. The molecule has 34 atom stereocenters.